The maximum atomic E-state index is 13.6. The number of amides is 3. The highest BCUT2D eigenvalue weighted by atomic mass is 16.5. The Morgan fingerprint density at radius 1 is 1.13 bits per heavy atom. The molecular weight excluding hydrogens is 500 g/mol. The van der Waals surface area contributed by atoms with E-state index < -0.39 is 29.7 Å². The minimum Gasteiger partial charge on any atom is -0.493 e. The van der Waals surface area contributed by atoms with E-state index in [4.69, 9.17) is 4.74 Å². The van der Waals surface area contributed by atoms with Crippen LogP contribution >= 0.6 is 0 Å². The Kier molecular flexibility index (Phi) is 10.9. The van der Waals surface area contributed by atoms with Crippen molar-refractivity contribution in [2.75, 3.05) is 32.8 Å². The Balaban J connectivity index is 1.68. The summed E-state index contributed by atoms with van der Waals surface area (Å²) in [5.74, 6) is -1.81. The maximum absolute atomic E-state index is 13.6. The van der Waals surface area contributed by atoms with E-state index in [0.717, 1.165) is 37.4 Å². The predicted molar refractivity (Wildman–Crippen MR) is 147 cm³/mol. The molecule has 0 spiro atoms. The normalized spacial score (nSPS) is 19.3. The number of ether oxygens (including phenoxy) is 1. The zero-order chi connectivity index (χ0) is 28.6. The van der Waals surface area contributed by atoms with Gasteiger partial charge >= 0.3 is 5.97 Å². The van der Waals surface area contributed by atoms with Gasteiger partial charge < -0.3 is 20.1 Å². The van der Waals surface area contributed by atoms with Crippen LogP contribution < -0.4 is 15.5 Å². The van der Waals surface area contributed by atoms with E-state index >= 15 is 0 Å². The number of nitrogens with zero attached hydrogens (tertiary/aromatic N) is 2. The van der Waals surface area contributed by atoms with Gasteiger partial charge in [-0.3, -0.25) is 19.2 Å². The number of hydrazine groups is 1. The van der Waals surface area contributed by atoms with Gasteiger partial charge in [0.05, 0.1) is 12.5 Å². The van der Waals surface area contributed by atoms with E-state index in [1.165, 1.54) is 6.92 Å². The monoisotopic (exact) mass is 544 g/mol. The van der Waals surface area contributed by atoms with Crippen LogP contribution in [0.1, 0.15) is 76.6 Å². The first-order valence-electron chi connectivity index (χ1n) is 14.0. The second-order valence-corrected chi connectivity index (χ2v) is 12.0. The van der Waals surface area contributed by atoms with Crippen molar-refractivity contribution in [3.05, 3.63) is 29.8 Å². The van der Waals surface area contributed by atoms with E-state index in [1.54, 1.807) is 29.2 Å². The number of carbonyl (C=O) groups is 4. The molecular formula is C29H44N4O6. The van der Waals surface area contributed by atoms with Crippen LogP contribution in [-0.4, -0.2) is 77.5 Å². The second-order valence-electron chi connectivity index (χ2n) is 12.0. The van der Waals surface area contributed by atoms with Crippen LogP contribution in [0.4, 0.5) is 0 Å². The summed E-state index contributed by atoms with van der Waals surface area (Å²) in [5, 5.41) is 13.6. The maximum Gasteiger partial charge on any atom is 0.322 e. The summed E-state index contributed by atoms with van der Waals surface area (Å²) in [6, 6.07) is 5.27. The van der Waals surface area contributed by atoms with Crippen LogP contribution in [0.15, 0.2) is 24.3 Å². The molecule has 3 amide bonds. The number of carboxylic acids is 1. The molecule has 10 nitrogen and oxygen atoms in total. The van der Waals surface area contributed by atoms with Gasteiger partial charge in [-0.05, 0) is 87.7 Å². The summed E-state index contributed by atoms with van der Waals surface area (Å²) in [7, 11) is 0. The number of carbonyl (C=O) groups excluding carboxylic acids is 3. The molecule has 2 fully saturated rings. The Hall–Kier alpha value is -2.98. The largest absolute Gasteiger partial charge is 0.493 e. The fraction of sp³-hybridized carbons (Fsp3) is 0.655. The minimum atomic E-state index is -1.19. The molecule has 2 saturated heterocycles. The lowest BCUT2D eigenvalue weighted by Gasteiger charge is -2.35. The van der Waals surface area contributed by atoms with Gasteiger partial charge in [-0.25, -0.2) is 10.4 Å². The fourth-order valence-corrected chi connectivity index (χ4v) is 4.84. The zero-order valence-corrected chi connectivity index (χ0v) is 23.7. The van der Waals surface area contributed by atoms with Gasteiger partial charge in [0.2, 0.25) is 11.8 Å². The van der Waals surface area contributed by atoms with Crippen LogP contribution in [0, 0.1) is 17.3 Å². The van der Waals surface area contributed by atoms with Crippen LogP contribution in [0.25, 0.3) is 0 Å². The number of carboxylic acid groups (broad SMARTS) is 1. The summed E-state index contributed by atoms with van der Waals surface area (Å²) >= 11 is 0. The highest BCUT2D eigenvalue weighted by Crippen LogP contribution is 2.24. The average Bonchev–Trinajstić information content (AvgIpc) is 2.93. The lowest BCUT2D eigenvalue weighted by atomic mass is 9.92. The van der Waals surface area contributed by atoms with Crippen molar-refractivity contribution in [1.82, 2.24) is 20.7 Å². The Morgan fingerprint density at radius 3 is 2.41 bits per heavy atom. The number of benzene rings is 1. The van der Waals surface area contributed by atoms with Crippen molar-refractivity contribution >= 4 is 23.7 Å². The van der Waals surface area contributed by atoms with Gasteiger partial charge in [-0.1, -0.05) is 20.8 Å². The van der Waals surface area contributed by atoms with Crippen molar-refractivity contribution in [2.45, 2.75) is 72.3 Å². The van der Waals surface area contributed by atoms with Crippen molar-refractivity contribution in [3.8, 4) is 5.75 Å². The molecule has 10 heteroatoms. The lowest BCUT2D eigenvalue weighted by Crippen LogP contribution is -2.56. The van der Waals surface area contributed by atoms with Crippen LogP contribution in [0.2, 0.25) is 0 Å². The minimum absolute atomic E-state index is 0.0293. The third kappa shape index (κ3) is 9.32. The van der Waals surface area contributed by atoms with Gasteiger partial charge in [0, 0.05) is 25.1 Å². The van der Waals surface area contributed by atoms with E-state index in [2.05, 4.69) is 31.5 Å². The zero-order valence-electron chi connectivity index (χ0n) is 23.7. The summed E-state index contributed by atoms with van der Waals surface area (Å²) in [6.07, 6.45) is 4.60. The number of nitrogens with one attached hydrogen (secondary N) is 2. The molecule has 2 aliphatic rings. The van der Waals surface area contributed by atoms with E-state index in [0.29, 0.717) is 44.1 Å². The van der Waals surface area contributed by atoms with Crippen molar-refractivity contribution in [1.29, 1.82) is 0 Å². The summed E-state index contributed by atoms with van der Waals surface area (Å²) in [6.45, 7) is 10.8. The van der Waals surface area contributed by atoms with Gasteiger partial charge in [-0.2, -0.15) is 0 Å². The molecule has 0 aromatic heterocycles. The standard InChI is InChI=1S/C29H44N4O6/c1-20(28(37)38)31-33(26(35)22-8-10-24(11-9-22)39-19-29(2,3)4)27(36)23-6-5-17-32(18-23)25(34)12-7-21-13-15-30-16-14-21/h8-11,20-21,23,30-31H,5-7,12-19H2,1-4H3,(H,37,38)/t20-,23+/m0/s1. The predicted octanol–water partition coefficient (Wildman–Crippen LogP) is 3.08. The van der Waals surface area contributed by atoms with Crippen molar-refractivity contribution in [3.63, 3.8) is 0 Å². The molecule has 1 aromatic rings. The van der Waals surface area contributed by atoms with E-state index in [9.17, 15) is 24.3 Å². The van der Waals surface area contributed by atoms with Crippen molar-refractivity contribution in [2.24, 2.45) is 17.3 Å². The summed E-state index contributed by atoms with van der Waals surface area (Å²) < 4.78 is 5.77. The number of rotatable bonds is 10. The fourth-order valence-electron chi connectivity index (χ4n) is 4.84. The summed E-state index contributed by atoms with van der Waals surface area (Å²) in [5.41, 5.74) is 2.77. The highest BCUT2D eigenvalue weighted by Gasteiger charge is 2.35. The van der Waals surface area contributed by atoms with Crippen LogP contribution in [0.5, 0.6) is 5.75 Å². The Labute approximate surface area is 231 Å². The number of likely N-dealkylation sites (tertiary alicyclic amines) is 1. The first kappa shape index (κ1) is 30.6. The average molecular weight is 545 g/mol. The highest BCUT2D eigenvalue weighted by molar-refractivity contribution is 6.05. The molecule has 2 aliphatic heterocycles. The summed E-state index contributed by atoms with van der Waals surface area (Å²) in [4.78, 5) is 53.3. The van der Waals surface area contributed by atoms with Gasteiger partial charge in [-0.15, -0.1) is 0 Å². The second kappa shape index (κ2) is 13.9. The van der Waals surface area contributed by atoms with Crippen LogP contribution in [0.3, 0.4) is 0 Å². The molecule has 39 heavy (non-hydrogen) atoms. The molecule has 3 N–H and O–H groups in total. The first-order valence-corrected chi connectivity index (χ1v) is 14.0. The molecule has 0 saturated carbocycles. The molecule has 0 unspecified atom stereocenters. The molecule has 0 aliphatic carbocycles. The number of imide groups is 1. The van der Waals surface area contributed by atoms with Gasteiger partial charge in [0.1, 0.15) is 11.8 Å². The molecule has 3 rings (SSSR count). The molecule has 0 bridgehead atoms. The molecule has 2 atom stereocenters. The molecule has 0 radical (unpaired) electrons. The third-order valence-electron chi connectivity index (χ3n) is 7.24. The van der Waals surface area contributed by atoms with Gasteiger partial charge in [0.25, 0.3) is 5.91 Å². The number of hydrogen-bond acceptors (Lipinski definition) is 7. The number of hydrogen-bond donors (Lipinski definition) is 3. The SMILES string of the molecule is C[C@H](NN(C(=O)c1ccc(OCC(C)(C)C)cc1)C(=O)[C@@H]1CCCN(C(=O)CCC2CCNCC2)C1)C(=O)O. The smallest absolute Gasteiger partial charge is 0.322 e. The number of piperidine rings is 2. The Bertz CT molecular complexity index is 1000. The lowest BCUT2D eigenvalue weighted by molar-refractivity contribution is -0.144. The van der Waals surface area contributed by atoms with Crippen LogP contribution in [-0.2, 0) is 14.4 Å². The molecule has 1 aromatic carbocycles. The van der Waals surface area contributed by atoms with Gasteiger partial charge in [0.15, 0.2) is 0 Å². The first-order chi connectivity index (χ1) is 18.4. The molecule has 216 valence electrons. The van der Waals surface area contributed by atoms with Crippen molar-refractivity contribution < 1.29 is 29.0 Å². The third-order valence-corrected chi connectivity index (χ3v) is 7.24. The quantitative estimate of drug-likeness (QED) is 0.303. The van der Waals surface area contributed by atoms with E-state index in [-0.39, 0.29) is 23.4 Å². The molecule has 2 heterocycles. The van der Waals surface area contributed by atoms with E-state index in [1.807, 2.05) is 0 Å². The Morgan fingerprint density at radius 2 is 1.79 bits per heavy atom. The number of aliphatic carboxylic acids is 1. The topological polar surface area (TPSA) is 128 Å².